The number of halogens is 8. The van der Waals surface area contributed by atoms with Gasteiger partial charge in [0.25, 0.3) is 0 Å². The molecule has 0 spiro atoms. The van der Waals surface area contributed by atoms with Gasteiger partial charge in [0.1, 0.15) is 11.6 Å². The first kappa shape index (κ1) is 31.4. The Morgan fingerprint density at radius 3 is 1.61 bits per heavy atom. The van der Waals surface area contributed by atoms with Gasteiger partial charge in [0.05, 0.1) is 0 Å². The van der Waals surface area contributed by atoms with Crippen molar-refractivity contribution >= 4 is 28.1 Å². The molecule has 0 amide bonds. The van der Waals surface area contributed by atoms with E-state index >= 15 is 0 Å². The van der Waals surface area contributed by atoms with Gasteiger partial charge in [-0.15, -0.1) is 0 Å². The van der Waals surface area contributed by atoms with Crippen LogP contribution in [0.2, 0.25) is 0 Å². The molecule has 0 fully saturated rings. The van der Waals surface area contributed by atoms with E-state index in [9.17, 15) is 39.1 Å². The second kappa shape index (κ2) is 13.0. The van der Waals surface area contributed by atoms with Gasteiger partial charge < -0.3 is 17.8 Å². The van der Waals surface area contributed by atoms with Crippen molar-refractivity contribution in [2.75, 3.05) is 19.0 Å². The molecule has 0 aliphatic heterocycles. The summed E-state index contributed by atoms with van der Waals surface area (Å²) in [6.45, 7) is -6.30. The summed E-state index contributed by atoms with van der Waals surface area (Å²) < 4.78 is 111. The Bertz CT molecular complexity index is 1570. The third kappa shape index (κ3) is 7.76. The monoisotopic (exact) mass is 595 g/mol. The van der Waals surface area contributed by atoms with Gasteiger partial charge in [-0.05, 0) is 47.8 Å². The first-order chi connectivity index (χ1) is 19.2. The summed E-state index contributed by atoms with van der Waals surface area (Å²) in [7, 11) is 1.49. The average molecular weight is 595 g/mol. The molecule has 4 aromatic rings. The molecule has 214 valence electrons. The van der Waals surface area contributed by atoms with Crippen molar-refractivity contribution < 1.29 is 39.1 Å². The highest BCUT2D eigenvalue weighted by Crippen LogP contribution is 2.25. The normalized spacial score (nSPS) is 12.3. The summed E-state index contributed by atoms with van der Waals surface area (Å²) >= 11 is 0. The molecule has 0 heterocycles. The number of benzene rings is 4. The molecule has 0 saturated carbocycles. The van der Waals surface area contributed by atoms with Crippen LogP contribution in [0, 0.1) is 40.3 Å². The Hall–Kier alpha value is -4.11. The summed E-state index contributed by atoms with van der Waals surface area (Å²) in [5, 5.41) is 3.08. The molecular formula is C29H22BF8NOS. The molecule has 0 saturated heterocycles. The van der Waals surface area contributed by atoms with E-state index in [-0.39, 0.29) is 0 Å². The minimum atomic E-state index is -6.30. The predicted molar refractivity (Wildman–Crippen MR) is 145 cm³/mol. The van der Waals surface area contributed by atoms with Gasteiger partial charge in [-0.25, -0.2) is 22.0 Å². The van der Waals surface area contributed by atoms with Crippen LogP contribution in [0.4, 0.5) is 40.6 Å². The maximum Gasteiger partial charge on any atom is 0.515 e. The van der Waals surface area contributed by atoms with Crippen molar-refractivity contribution in [3.8, 4) is 11.2 Å². The van der Waals surface area contributed by atoms with E-state index in [2.05, 4.69) is 11.2 Å². The van der Waals surface area contributed by atoms with E-state index in [1.807, 2.05) is 104 Å². The first-order valence-corrected chi connectivity index (χ1v) is 13.6. The molecule has 1 unspecified atom stereocenters. The first-order valence-electron chi connectivity index (χ1n) is 11.9. The molecule has 41 heavy (non-hydrogen) atoms. The number of nitrogens with zero attached hydrogens (tertiary/aromatic N) is 1. The van der Waals surface area contributed by atoms with Crippen LogP contribution in [-0.4, -0.2) is 21.1 Å². The smallest absolute Gasteiger partial charge is 0.445 e. The fraction of sp³-hybridized carbons (Fsp3) is 0.103. The van der Waals surface area contributed by atoms with E-state index < -0.39 is 51.5 Å². The Kier molecular flexibility index (Phi) is 9.99. The summed E-state index contributed by atoms with van der Waals surface area (Å²) in [6, 6.07) is 27.4. The lowest BCUT2D eigenvalue weighted by atomic mass is 9.79. The summed E-state index contributed by atoms with van der Waals surface area (Å²) in [5.41, 5.74) is 0.285. The number of rotatable bonds is 5. The predicted octanol–water partition coefficient (Wildman–Crippen LogP) is 7.26. The van der Waals surface area contributed by atoms with Crippen molar-refractivity contribution in [1.82, 2.24) is 0 Å². The fourth-order valence-corrected chi connectivity index (χ4v) is 5.41. The standard InChI is InChI=1S/C23H22NOS.C6BF8/c1-24(2)22-15-13-21(14-16-22)19-26(25,23-11-7-4-8-12-23)18-17-20-9-5-3-6-10-20;8-2-1(7(13,14)15)3(9)5(11)6(12)4(2)10/h3-16H,19H2,1-2H3;/q+1;-1. The molecule has 0 radical (unpaired) electrons. The van der Waals surface area contributed by atoms with Crippen molar-refractivity contribution in [1.29, 1.82) is 0 Å². The second-order valence-electron chi connectivity index (χ2n) is 8.84. The van der Waals surface area contributed by atoms with Crippen LogP contribution in [0.1, 0.15) is 11.1 Å². The lowest BCUT2D eigenvalue weighted by Crippen LogP contribution is -2.41. The zero-order valence-corrected chi connectivity index (χ0v) is 22.5. The van der Waals surface area contributed by atoms with Crippen LogP contribution < -0.4 is 10.4 Å². The quantitative estimate of drug-likeness (QED) is 0.0605. The molecule has 0 aliphatic carbocycles. The minimum Gasteiger partial charge on any atom is -0.445 e. The average Bonchev–Trinajstić information content (AvgIpc) is 2.95. The van der Waals surface area contributed by atoms with Crippen LogP contribution >= 0.6 is 0 Å². The Morgan fingerprint density at radius 1 is 0.683 bits per heavy atom. The van der Waals surface area contributed by atoms with Crippen molar-refractivity contribution in [2.24, 2.45) is 0 Å². The number of hydrogen-bond donors (Lipinski definition) is 0. The van der Waals surface area contributed by atoms with Crippen molar-refractivity contribution in [2.45, 2.75) is 10.6 Å². The highest BCUT2D eigenvalue weighted by atomic mass is 32.2. The third-order valence-corrected chi connectivity index (χ3v) is 7.86. The fourth-order valence-electron chi connectivity index (χ4n) is 3.52. The molecule has 0 N–H and O–H groups in total. The van der Waals surface area contributed by atoms with Gasteiger partial charge in [0.2, 0.25) is 0 Å². The van der Waals surface area contributed by atoms with Gasteiger partial charge in [-0.1, -0.05) is 52.7 Å². The van der Waals surface area contributed by atoms with E-state index in [1.54, 1.807) is 0 Å². The molecule has 4 rings (SSSR count). The van der Waals surface area contributed by atoms with Crippen molar-refractivity contribution in [3.05, 3.63) is 125 Å². The molecule has 12 heteroatoms. The summed E-state index contributed by atoms with van der Waals surface area (Å²) in [6.07, 6.45) is 0. The van der Waals surface area contributed by atoms with Gasteiger partial charge in [0.15, 0.2) is 43.3 Å². The Balaban J connectivity index is 0.000000263. The Morgan fingerprint density at radius 2 is 1.15 bits per heavy atom. The van der Waals surface area contributed by atoms with E-state index in [0.29, 0.717) is 5.75 Å². The zero-order valence-electron chi connectivity index (χ0n) is 21.7. The lowest BCUT2D eigenvalue weighted by Gasteiger charge is -2.17. The molecule has 1 atom stereocenters. The SMILES string of the molecule is CN(C)c1ccc(C[S+](=O)(C#Cc2ccccc2)c2ccccc2)cc1.Fc1c(F)c(F)c([B-](F)(F)F)c(F)c1F. The summed E-state index contributed by atoms with van der Waals surface area (Å²) in [4.78, 5) is 2.83. The Labute approximate surface area is 233 Å². The van der Waals surface area contributed by atoms with Gasteiger partial charge in [-0.3, -0.25) is 0 Å². The highest BCUT2D eigenvalue weighted by molar-refractivity contribution is 8.06. The molecule has 0 bridgehead atoms. The summed E-state index contributed by atoms with van der Waals surface area (Å²) in [5.74, 6) is -10.1. The van der Waals surface area contributed by atoms with E-state index in [4.69, 9.17) is 0 Å². The van der Waals surface area contributed by atoms with E-state index in [1.165, 1.54) is 0 Å². The molecular weight excluding hydrogens is 573 g/mol. The van der Waals surface area contributed by atoms with Crippen LogP contribution in [0.25, 0.3) is 0 Å². The van der Waals surface area contributed by atoms with Crippen LogP contribution in [0.3, 0.4) is 0 Å². The van der Waals surface area contributed by atoms with Crippen molar-refractivity contribution in [3.63, 3.8) is 0 Å². The van der Waals surface area contributed by atoms with Crippen LogP contribution in [-0.2, 0) is 19.9 Å². The minimum absolute atomic E-state index is 0.407. The second-order valence-corrected chi connectivity index (χ2v) is 11.2. The third-order valence-electron chi connectivity index (χ3n) is 5.65. The molecule has 4 aromatic carbocycles. The molecule has 0 aromatic heterocycles. The topological polar surface area (TPSA) is 20.3 Å². The molecule has 0 aliphatic rings. The number of anilines is 1. The maximum absolute atomic E-state index is 13.8. The zero-order chi connectivity index (χ0) is 30.4. The van der Waals surface area contributed by atoms with Gasteiger partial charge >= 0.3 is 6.98 Å². The van der Waals surface area contributed by atoms with Gasteiger partial charge in [0, 0.05) is 30.9 Å². The lowest BCUT2D eigenvalue weighted by molar-refractivity contribution is 0.377. The maximum atomic E-state index is 13.8. The molecule has 2 nitrogen and oxygen atoms in total. The van der Waals surface area contributed by atoms with E-state index in [0.717, 1.165) is 21.7 Å². The highest BCUT2D eigenvalue weighted by Gasteiger charge is 2.38. The van der Waals surface area contributed by atoms with Crippen LogP contribution in [0.5, 0.6) is 0 Å². The number of hydrogen-bond acceptors (Lipinski definition) is 2. The largest absolute Gasteiger partial charge is 0.515 e. The van der Waals surface area contributed by atoms with Gasteiger partial charge in [-0.2, -0.15) is 0 Å². The van der Waals surface area contributed by atoms with Crippen LogP contribution in [0.15, 0.2) is 89.8 Å².